The summed E-state index contributed by atoms with van der Waals surface area (Å²) in [6, 6.07) is 0. The van der Waals surface area contributed by atoms with Crippen molar-refractivity contribution in [3.8, 4) is 0 Å². The van der Waals surface area contributed by atoms with Crippen LogP contribution in [0.3, 0.4) is 0 Å². The lowest BCUT2D eigenvalue weighted by atomic mass is 9.72. The second kappa shape index (κ2) is 4.80. The van der Waals surface area contributed by atoms with Crippen LogP contribution in [0.25, 0.3) is 0 Å². The molecule has 7 heteroatoms. The number of amides is 2. The SMILES string of the molecule is CC1C2C=CC1C1(N)C(=O)N(OC(=O)OC(C)(C)C)C(=O)CC21. The van der Waals surface area contributed by atoms with Crippen molar-refractivity contribution in [2.24, 2.45) is 29.4 Å². The van der Waals surface area contributed by atoms with Gasteiger partial charge in [-0.3, -0.25) is 14.4 Å². The van der Waals surface area contributed by atoms with Gasteiger partial charge in [0, 0.05) is 18.3 Å². The highest BCUT2D eigenvalue weighted by molar-refractivity contribution is 6.03. The summed E-state index contributed by atoms with van der Waals surface area (Å²) in [5.74, 6) is -1.30. The molecule has 3 rings (SSSR count). The Bertz CT molecular complexity index is 608. The van der Waals surface area contributed by atoms with E-state index in [0.717, 1.165) is 0 Å². The van der Waals surface area contributed by atoms with Gasteiger partial charge in [-0.25, -0.2) is 4.79 Å². The number of carbonyl (C=O) groups excluding carboxylic acids is 3. The van der Waals surface area contributed by atoms with Crippen LogP contribution >= 0.6 is 0 Å². The van der Waals surface area contributed by atoms with E-state index in [2.05, 4.69) is 0 Å². The maximum absolute atomic E-state index is 12.8. The average molecular weight is 322 g/mol. The van der Waals surface area contributed by atoms with Gasteiger partial charge in [-0.1, -0.05) is 24.1 Å². The maximum Gasteiger partial charge on any atom is 0.534 e. The molecule has 2 amide bonds. The van der Waals surface area contributed by atoms with E-state index >= 15 is 0 Å². The summed E-state index contributed by atoms with van der Waals surface area (Å²) in [4.78, 5) is 41.7. The monoisotopic (exact) mass is 322 g/mol. The number of imide groups is 1. The first-order valence-corrected chi connectivity index (χ1v) is 7.81. The fourth-order valence-electron chi connectivity index (χ4n) is 4.10. The van der Waals surface area contributed by atoms with E-state index in [1.807, 2.05) is 19.1 Å². The van der Waals surface area contributed by atoms with Gasteiger partial charge in [-0.2, -0.15) is 0 Å². The van der Waals surface area contributed by atoms with Crippen LogP contribution in [0.4, 0.5) is 4.79 Å². The smallest absolute Gasteiger partial charge is 0.427 e. The topological polar surface area (TPSA) is 98.9 Å². The van der Waals surface area contributed by atoms with Crippen LogP contribution in [-0.2, 0) is 19.2 Å². The van der Waals surface area contributed by atoms with Gasteiger partial charge in [0.25, 0.3) is 11.8 Å². The number of hydrogen-bond donors (Lipinski definition) is 1. The first-order chi connectivity index (χ1) is 10.6. The molecule has 0 aromatic carbocycles. The van der Waals surface area contributed by atoms with Gasteiger partial charge in [0.2, 0.25) is 0 Å². The molecule has 1 saturated carbocycles. The Kier molecular flexibility index (Phi) is 3.34. The number of fused-ring (bicyclic) bond motifs is 5. The van der Waals surface area contributed by atoms with E-state index in [4.69, 9.17) is 15.3 Å². The summed E-state index contributed by atoms with van der Waals surface area (Å²) in [5, 5.41) is 0.492. The molecule has 2 N–H and O–H groups in total. The molecule has 126 valence electrons. The van der Waals surface area contributed by atoms with E-state index in [9.17, 15) is 14.4 Å². The Labute approximate surface area is 134 Å². The normalized spacial score (nSPS) is 38.7. The molecule has 1 aliphatic heterocycles. The van der Waals surface area contributed by atoms with E-state index < -0.39 is 29.1 Å². The number of nitrogens with two attached hydrogens (primary N) is 1. The Morgan fingerprint density at radius 1 is 1.35 bits per heavy atom. The molecule has 3 aliphatic rings. The maximum atomic E-state index is 12.8. The Morgan fingerprint density at radius 2 is 2.00 bits per heavy atom. The summed E-state index contributed by atoms with van der Waals surface area (Å²) in [7, 11) is 0. The first-order valence-electron chi connectivity index (χ1n) is 7.81. The lowest BCUT2D eigenvalue weighted by Gasteiger charge is -2.42. The van der Waals surface area contributed by atoms with Gasteiger partial charge in [0.15, 0.2) is 0 Å². The zero-order valence-electron chi connectivity index (χ0n) is 13.7. The molecule has 7 nitrogen and oxygen atoms in total. The first kappa shape index (κ1) is 16.0. The second-order valence-corrected chi connectivity index (χ2v) is 7.64. The minimum absolute atomic E-state index is 0.0842. The molecule has 0 aromatic rings. The van der Waals surface area contributed by atoms with Crippen molar-refractivity contribution in [1.29, 1.82) is 0 Å². The number of nitrogens with zero attached hydrogens (tertiary/aromatic N) is 1. The van der Waals surface area contributed by atoms with Crippen molar-refractivity contribution in [1.82, 2.24) is 5.06 Å². The van der Waals surface area contributed by atoms with Gasteiger partial charge in [-0.05, 0) is 32.6 Å². The van der Waals surface area contributed by atoms with Crippen LogP contribution in [-0.4, -0.2) is 34.2 Å². The van der Waals surface area contributed by atoms with Crippen LogP contribution in [0.2, 0.25) is 0 Å². The van der Waals surface area contributed by atoms with E-state index in [0.29, 0.717) is 5.06 Å². The van der Waals surface area contributed by atoms with Gasteiger partial charge >= 0.3 is 6.16 Å². The van der Waals surface area contributed by atoms with E-state index in [-0.39, 0.29) is 30.1 Å². The van der Waals surface area contributed by atoms with Gasteiger partial charge in [0.1, 0.15) is 11.1 Å². The molecule has 1 saturated heterocycles. The fraction of sp³-hybridized carbons (Fsp3) is 0.688. The molecule has 23 heavy (non-hydrogen) atoms. The quantitative estimate of drug-likeness (QED) is 0.445. The minimum Gasteiger partial charge on any atom is -0.427 e. The number of ether oxygens (including phenoxy) is 1. The van der Waals surface area contributed by atoms with Crippen molar-refractivity contribution in [3.63, 3.8) is 0 Å². The third kappa shape index (κ3) is 2.25. The largest absolute Gasteiger partial charge is 0.534 e. The Morgan fingerprint density at radius 3 is 2.61 bits per heavy atom. The molecule has 1 heterocycles. The Balaban J connectivity index is 1.82. The van der Waals surface area contributed by atoms with E-state index in [1.165, 1.54) is 0 Å². The molecule has 5 atom stereocenters. The highest BCUT2D eigenvalue weighted by Crippen LogP contribution is 2.56. The highest BCUT2D eigenvalue weighted by atomic mass is 16.8. The summed E-state index contributed by atoms with van der Waals surface area (Å²) >= 11 is 0. The zero-order valence-corrected chi connectivity index (χ0v) is 13.7. The van der Waals surface area contributed by atoms with Crippen LogP contribution in [0.1, 0.15) is 34.1 Å². The predicted molar refractivity (Wildman–Crippen MR) is 79.5 cm³/mol. The number of hydrogen-bond acceptors (Lipinski definition) is 6. The molecule has 0 spiro atoms. The molecule has 0 aromatic heterocycles. The number of hydroxylamine groups is 2. The van der Waals surface area contributed by atoms with Crippen LogP contribution in [0.5, 0.6) is 0 Å². The summed E-state index contributed by atoms with van der Waals surface area (Å²) in [5.41, 5.74) is 4.43. The molecular weight excluding hydrogens is 300 g/mol. The molecular formula is C16H22N2O5. The van der Waals surface area contributed by atoms with E-state index in [1.54, 1.807) is 20.8 Å². The predicted octanol–water partition coefficient (Wildman–Crippen LogP) is 1.38. The number of piperidine rings is 1. The number of rotatable bonds is 1. The third-order valence-corrected chi connectivity index (χ3v) is 5.08. The molecule has 5 unspecified atom stereocenters. The summed E-state index contributed by atoms with van der Waals surface area (Å²) < 4.78 is 5.00. The molecule has 2 bridgehead atoms. The van der Waals surface area contributed by atoms with Crippen molar-refractivity contribution < 1.29 is 24.0 Å². The molecule has 2 fully saturated rings. The summed E-state index contributed by atoms with van der Waals surface area (Å²) in [6.07, 6.45) is 2.97. The second-order valence-electron chi connectivity index (χ2n) is 7.64. The van der Waals surface area contributed by atoms with Gasteiger partial charge in [-0.15, -0.1) is 0 Å². The number of carbonyl (C=O) groups is 3. The zero-order chi connectivity index (χ0) is 17.2. The number of allylic oxidation sites excluding steroid dienone is 1. The van der Waals surface area contributed by atoms with Gasteiger partial charge in [0.05, 0.1) is 0 Å². The van der Waals surface area contributed by atoms with Crippen molar-refractivity contribution in [2.45, 2.75) is 45.3 Å². The summed E-state index contributed by atoms with van der Waals surface area (Å²) in [6.45, 7) is 7.02. The van der Waals surface area contributed by atoms with Crippen LogP contribution in [0, 0.1) is 23.7 Å². The van der Waals surface area contributed by atoms with Gasteiger partial charge < -0.3 is 10.5 Å². The van der Waals surface area contributed by atoms with Crippen LogP contribution in [0.15, 0.2) is 12.2 Å². The lowest BCUT2D eigenvalue weighted by molar-refractivity contribution is -0.200. The average Bonchev–Trinajstić information content (AvgIpc) is 2.87. The lowest BCUT2D eigenvalue weighted by Crippen LogP contribution is -2.67. The molecule has 0 radical (unpaired) electrons. The van der Waals surface area contributed by atoms with Crippen LogP contribution < -0.4 is 5.73 Å². The Hall–Kier alpha value is -1.89. The van der Waals surface area contributed by atoms with Crippen molar-refractivity contribution >= 4 is 18.0 Å². The minimum atomic E-state index is -1.20. The third-order valence-electron chi connectivity index (χ3n) is 5.08. The van der Waals surface area contributed by atoms with Crippen molar-refractivity contribution in [2.75, 3.05) is 0 Å². The van der Waals surface area contributed by atoms with Crippen molar-refractivity contribution in [3.05, 3.63) is 12.2 Å². The highest BCUT2D eigenvalue weighted by Gasteiger charge is 2.66. The standard InChI is InChI=1S/C16H22N2O5/c1-8-9-5-6-10(8)16(17)11(9)7-12(19)18(13(16)20)23-14(21)22-15(2,3)4/h5-6,8-11H,7,17H2,1-4H3. The molecule has 2 aliphatic carbocycles. The fourth-order valence-corrected chi connectivity index (χ4v) is 4.10.